The van der Waals surface area contributed by atoms with E-state index in [1.165, 1.54) is 6.07 Å². The summed E-state index contributed by atoms with van der Waals surface area (Å²) in [7, 11) is 0. The van der Waals surface area contributed by atoms with E-state index in [1.807, 2.05) is 26.0 Å². The van der Waals surface area contributed by atoms with Crippen molar-refractivity contribution in [3.8, 4) is 5.75 Å². The van der Waals surface area contributed by atoms with E-state index in [9.17, 15) is 23.5 Å². The van der Waals surface area contributed by atoms with Gasteiger partial charge in [0.15, 0.2) is 11.6 Å². The number of rotatable bonds is 11. The van der Waals surface area contributed by atoms with E-state index < -0.39 is 29.4 Å². The molecule has 0 bridgehead atoms. The molecular weight excluding hydrogens is 514 g/mol. The fraction of sp³-hybridized carbons (Fsp3) is 0.312. The number of aliphatic hydroxyl groups excluding tert-OH is 1. The molecule has 0 aliphatic carbocycles. The number of carbonyl (C=O) groups excluding carboxylic acids is 2. The molecule has 1 atom stereocenters. The number of hydrogen-bond acceptors (Lipinski definition) is 5. The van der Waals surface area contributed by atoms with Crippen molar-refractivity contribution in [3.05, 3.63) is 95.1 Å². The second kappa shape index (κ2) is 12.8. The van der Waals surface area contributed by atoms with Crippen LogP contribution in [0, 0.1) is 11.6 Å². The summed E-state index contributed by atoms with van der Waals surface area (Å²) >= 11 is 0. The average Bonchev–Trinajstić information content (AvgIpc) is 3.23. The maximum absolute atomic E-state index is 14.2. The Morgan fingerprint density at radius 1 is 0.900 bits per heavy atom. The number of carbonyl (C=O) groups is 2. The number of Topliss-reactive ketones (excluding diaryl/α,β-unsaturated/α-hetero) is 1. The van der Waals surface area contributed by atoms with E-state index >= 15 is 0 Å². The summed E-state index contributed by atoms with van der Waals surface area (Å²) in [6.45, 7) is 8.35. The van der Waals surface area contributed by atoms with Gasteiger partial charge in [0.25, 0.3) is 11.7 Å². The number of unbranched alkanes of at least 4 members (excludes halogenated alkanes) is 2. The number of ketones is 1. The number of anilines is 2. The molecule has 1 aliphatic heterocycles. The molecule has 8 heteroatoms. The zero-order valence-electron chi connectivity index (χ0n) is 23.0. The van der Waals surface area contributed by atoms with Gasteiger partial charge in [-0.05, 0) is 74.4 Å². The highest BCUT2D eigenvalue weighted by Gasteiger charge is 2.47. The Kier molecular flexibility index (Phi) is 9.19. The van der Waals surface area contributed by atoms with Crippen LogP contribution in [0.15, 0.2) is 72.3 Å². The van der Waals surface area contributed by atoms with Crippen molar-refractivity contribution in [3.63, 3.8) is 0 Å². The van der Waals surface area contributed by atoms with Gasteiger partial charge in [0.1, 0.15) is 11.5 Å². The van der Waals surface area contributed by atoms with Gasteiger partial charge in [0, 0.05) is 36.1 Å². The number of amides is 1. The molecule has 1 heterocycles. The second-order valence-electron chi connectivity index (χ2n) is 9.61. The Morgan fingerprint density at radius 2 is 1.57 bits per heavy atom. The maximum atomic E-state index is 14.2. The molecule has 0 spiro atoms. The molecule has 3 aromatic carbocycles. The topological polar surface area (TPSA) is 70.1 Å². The fourth-order valence-corrected chi connectivity index (χ4v) is 4.91. The minimum absolute atomic E-state index is 0.00805. The predicted molar refractivity (Wildman–Crippen MR) is 153 cm³/mol. The second-order valence-corrected chi connectivity index (χ2v) is 9.61. The molecule has 1 amide bonds. The van der Waals surface area contributed by atoms with Crippen LogP contribution in [0.4, 0.5) is 20.2 Å². The van der Waals surface area contributed by atoms with E-state index in [-0.39, 0.29) is 17.0 Å². The minimum Gasteiger partial charge on any atom is -0.507 e. The lowest BCUT2D eigenvalue weighted by molar-refractivity contribution is -0.132. The Hall–Kier alpha value is -4.20. The molecule has 4 rings (SSSR count). The Bertz CT molecular complexity index is 1380. The number of nitrogens with zero attached hydrogens (tertiary/aromatic N) is 2. The molecule has 0 radical (unpaired) electrons. The van der Waals surface area contributed by atoms with Gasteiger partial charge >= 0.3 is 0 Å². The summed E-state index contributed by atoms with van der Waals surface area (Å²) in [5.41, 5.74) is 1.69. The molecular formula is C32H34F2N2O4. The first-order chi connectivity index (χ1) is 19.3. The fourth-order valence-electron chi connectivity index (χ4n) is 4.91. The summed E-state index contributed by atoms with van der Waals surface area (Å²) in [5, 5.41) is 11.4. The molecule has 0 aromatic heterocycles. The van der Waals surface area contributed by atoms with Crippen LogP contribution in [-0.4, -0.2) is 36.5 Å². The first-order valence-electron chi connectivity index (χ1n) is 13.6. The van der Waals surface area contributed by atoms with Crippen LogP contribution < -0.4 is 14.5 Å². The Morgan fingerprint density at radius 3 is 2.17 bits per heavy atom. The largest absolute Gasteiger partial charge is 0.507 e. The van der Waals surface area contributed by atoms with E-state index in [1.54, 1.807) is 36.4 Å². The predicted octanol–water partition coefficient (Wildman–Crippen LogP) is 7.01. The van der Waals surface area contributed by atoms with Crippen molar-refractivity contribution in [2.45, 2.75) is 46.1 Å². The Balaban J connectivity index is 1.78. The molecule has 1 fully saturated rings. The summed E-state index contributed by atoms with van der Waals surface area (Å²) in [6.07, 6.45) is 3.07. The zero-order chi connectivity index (χ0) is 28.8. The molecule has 0 saturated carbocycles. The van der Waals surface area contributed by atoms with Crippen LogP contribution in [0.3, 0.4) is 0 Å². The highest BCUT2D eigenvalue weighted by Crippen LogP contribution is 2.43. The molecule has 3 aromatic rings. The molecule has 40 heavy (non-hydrogen) atoms. The lowest BCUT2D eigenvalue weighted by atomic mass is 9.94. The van der Waals surface area contributed by atoms with Gasteiger partial charge in [-0.25, -0.2) is 8.78 Å². The van der Waals surface area contributed by atoms with Crippen molar-refractivity contribution in [1.82, 2.24) is 0 Å². The van der Waals surface area contributed by atoms with E-state index in [2.05, 4.69) is 11.8 Å². The van der Waals surface area contributed by atoms with Gasteiger partial charge in [0.05, 0.1) is 18.2 Å². The van der Waals surface area contributed by atoms with Crippen molar-refractivity contribution in [2.75, 3.05) is 29.5 Å². The molecule has 1 unspecified atom stereocenters. The van der Waals surface area contributed by atoms with Crippen LogP contribution in [0.1, 0.15) is 57.2 Å². The normalized spacial score (nSPS) is 16.4. The lowest BCUT2D eigenvalue weighted by Crippen LogP contribution is -2.29. The van der Waals surface area contributed by atoms with Crippen molar-refractivity contribution in [1.29, 1.82) is 0 Å². The minimum atomic E-state index is -1.15. The quantitative estimate of drug-likeness (QED) is 0.121. The third-order valence-corrected chi connectivity index (χ3v) is 7.11. The van der Waals surface area contributed by atoms with Gasteiger partial charge in [-0.1, -0.05) is 31.9 Å². The zero-order valence-corrected chi connectivity index (χ0v) is 23.0. The molecule has 210 valence electrons. The van der Waals surface area contributed by atoms with Crippen molar-refractivity contribution in [2.24, 2.45) is 0 Å². The van der Waals surface area contributed by atoms with Gasteiger partial charge in [0.2, 0.25) is 0 Å². The molecule has 6 nitrogen and oxygen atoms in total. The SMILES string of the molecule is CCCCCOc1ccc(/C(O)=C2\C(=O)C(=O)N(c3ccc(F)c(F)c3)C2c2ccc(N(CC)CC)cc2)cc1. The van der Waals surface area contributed by atoms with Gasteiger partial charge < -0.3 is 14.7 Å². The van der Waals surface area contributed by atoms with E-state index in [4.69, 9.17) is 4.74 Å². The van der Waals surface area contributed by atoms with Crippen LogP contribution in [0.25, 0.3) is 5.76 Å². The van der Waals surface area contributed by atoms with E-state index in [0.29, 0.717) is 23.5 Å². The summed E-state index contributed by atoms with van der Waals surface area (Å²) in [5.74, 6) is -3.82. The smallest absolute Gasteiger partial charge is 0.300 e. The number of aliphatic hydroxyl groups is 1. The monoisotopic (exact) mass is 548 g/mol. The highest BCUT2D eigenvalue weighted by atomic mass is 19.2. The third kappa shape index (κ3) is 5.86. The molecule has 1 saturated heterocycles. The van der Waals surface area contributed by atoms with Crippen LogP contribution in [0.2, 0.25) is 0 Å². The average molecular weight is 549 g/mol. The van der Waals surface area contributed by atoms with E-state index in [0.717, 1.165) is 55.1 Å². The number of halogens is 2. The molecule has 1 aliphatic rings. The summed E-state index contributed by atoms with van der Waals surface area (Å²) in [4.78, 5) is 29.9. The lowest BCUT2D eigenvalue weighted by Gasteiger charge is -2.27. The maximum Gasteiger partial charge on any atom is 0.300 e. The standard InChI is InChI=1S/C32H34F2N2O4/c1-4-7-8-19-40-25-16-11-22(12-17-25)30(37)28-29(21-9-13-23(14-10-21)35(5-2)6-3)36(32(39)31(28)38)24-15-18-26(33)27(34)20-24/h9-18,20,29,37H,4-8,19H2,1-3H3/b30-28+. The van der Waals surface area contributed by atoms with Crippen molar-refractivity contribution >= 4 is 28.8 Å². The number of benzene rings is 3. The number of ether oxygens (including phenoxy) is 1. The number of hydrogen-bond donors (Lipinski definition) is 1. The highest BCUT2D eigenvalue weighted by molar-refractivity contribution is 6.51. The third-order valence-electron chi connectivity index (χ3n) is 7.11. The van der Waals surface area contributed by atoms with Crippen LogP contribution in [0.5, 0.6) is 5.75 Å². The molecule has 1 N–H and O–H groups in total. The summed E-state index contributed by atoms with van der Waals surface area (Å²) in [6, 6.07) is 15.9. The van der Waals surface area contributed by atoms with Crippen LogP contribution >= 0.6 is 0 Å². The first kappa shape index (κ1) is 28.8. The van der Waals surface area contributed by atoms with Crippen LogP contribution in [-0.2, 0) is 9.59 Å². The van der Waals surface area contributed by atoms with Gasteiger partial charge in [-0.2, -0.15) is 0 Å². The van der Waals surface area contributed by atoms with Gasteiger partial charge in [-0.3, -0.25) is 14.5 Å². The van der Waals surface area contributed by atoms with Crippen molar-refractivity contribution < 1.29 is 28.2 Å². The van der Waals surface area contributed by atoms with Gasteiger partial charge in [-0.15, -0.1) is 0 Å². The Labute approximate surface area is 233 Å². The first-order valence-corrected chi connectivity index (χ1v) is 13.6. The summed E-state index contributed by atoms with van der Waals surface area (Å²) < 4.78 is 33.7.